The number of carbonyl (C=O) groups excluding carboxylic acids is 1. The van der Waals surface area contributed by atoms with E-state index in [2.05, 4.69) is 6.58 Å². The molecular formula is C11H11O2-. The molecule has 0 radical (unpaired) electrons. The topological polar surface area (TPSA) is 40.1 Å². The van der Waals surface area contributed by atoms with Gasteiger partial charge in [0.2, 0.25) is 0 Å². The fourth-order valence-corrected chi connectivity index (χ4v) is 1.02. The summed E-state index contributed by atoms with van der Waals surface area (Å²) in [7, 11) is 0. The van der Waals surface area contributed by atoms with Crippen LogP contribution in [0.4, 0.5) is 0 Å². The lowest BCUT2D eigenvalue weighted by Crippen LogP contribution is -2.24. The second-order valence-electron chi connectivity index (χ2n) is 3.05. The van der Waals surface area contributed by atoms with Gasteiger partial charge in [0, 0.05) is 0 Å². The molecule has 0 aliphatic carbocycles. The van der Waals surface area contributed by atoms with Gasteiger partial charge in [0.15, 0.2) is 0 Å². The third kappa shape index (κ3) is 2.75. The molecule has 0 atom stereocenters. The normalized spacial score (nSPS) is 9.62. The van der Waals surface area contributed by atoms with E-state index in [1.54, 1.807) is 0 Å². The van der Waals surface area contributed by atoms with Gasteiger partial charge in [-0.1, -0.05) is 36.4 Å². The zero-order chi connectivity index (χ0) is 9.84. The molecule has 0 N–H and O–H groups in total. The highest BCUT2D eigenvalue weighted by atomic mass is 16.4. The van der Waals surface area contributed by atoms with Crippen molar-refractivity contribution < 1.29 is 9.90 Å². The van der Waals surface area contributed by atoms with Crippen LogP contribution in [0.1, 0.15) is 11.1 Å². The molecule has 0 saturated carbocycles. The zero-order valence-corrected chi connectivity index (χ0v) is 7.54. The zero-order valence-electron chi connectivity index (χ0n) is 7.54. The summed E-state index contributed by atoms with van der Waals surface area (Å²) >= 11 is 0. The Balaban J connectivity index is 2.70. The fourth-order valence-electron chi connectivity index (χ4n) is 1.02. The predicted molar refractivity (Wildman–Crippen MR) is 49.0 cm³/mol. The van der Waals surface area contributed by atoms with Gasteiger partial charge in [-0.3, -0.25) is 0 Å². The average molecular weight is 175 g/mol. The molecule has 1 aromatic carbocycles. The first-order chi connectivity index (χ1) is 6.09. The number of aliphatic carboxylic acids is 1. The number of hydrogen-bond donors (Lipinski definition) is 0. The lowest BCUT2D eigenvalue weighted by Gasteiger charge is -2.06. The van der Waals surface area contributed by atoms with E-state index >= 15 is 0 Å². The highest BCUT2D eigenvalue weighted by Crippen LogP contribution is 2.07. The minimum Gasteiger partial charge on any atom is -0.545 e. The summed E-state index contributed by atoms with van der Waals surface area (Å²) in [6.07, 6.45) is 0.350. The molecule has 1 rings (SSSR count). The minimum atomic E-state index is -1.18. The van der Waals surface area contributed by atoms with Crippen molar-refractivity contribution in [1.29, 1.82) is 0 Å². The van der Waals surface area contributed by atoms with Crippen LogP contribution >= 0.6 is 0 Å². The van der Waals surface area contributed by atoms with Crippen LogP contribution in [0.3, 0.4) is 0 Å². The molecule has 0 unspecified atom stereocenters. The summed E-state index contributed by atoms with van der Waals surface area (Å²) in [5.41, 5.74) is 2.21. The molecule has 0 saturated heterocycles. The molecule has 2 nitrogen and oxygen atoms in total. The second-order valence-corrected chi connectivity index (χ2v) is 3.05. The van der Waals surface area contributed by atoms with Crippen molar-refractivity contribution in [2.24, 2.45) is 0 Å². The van der Waals surface area contributed by atoms with Crippen molar-refractivity contribution in [2.75, 3.05) is 0 Å². The second kappa shape index (κ2) is 3.90. The van der Waals surface area contributed by atoms with E-state index < -0.39 is 5.97 Å². The Morgan fingerprint density at radius 3 is 2.38 bits per heavy atom. The molecule has 0 spiro atoms. The van der Waals surface area contributed by atoms with Crippen molar-refractivity contribution >= 4 is 5.97 Å². The summed E-state index contributed by atoms with van der Waals surface area (Å²) in [5, 5.41) is 10.4. The minimum absolute atomic E-state index is 0.115. The van der Waals surface area contributed by atoms with Gasteiger partial charge in [0.05, 0.1) is 5.97 Å². The Bertz CT molecular complexity index is 322. The molecule has 0 amide bonds. The summed E-state index contributed by atoms with van der Waals surface area (Å²) in [6.45, 7) is 5.39. The van der Waals surface area contributed by atoms with Gasteiger partial charge in [0.1, 0.15) is 0 Å². The summed E-state index contributed by atoms with van der Waals surface area (Å²) < 4.78 is 0. The first kappa shape index (κ1) is 9.52. The van der Waals surface area contributed by atoms with E-state index in [1.165, 1.54) is 0 Å². The lowest BCUT2D eigenvalue weighted by atomic mass is 10.1. The molecule has 0 bridgehead atoms. The monoisotopic (exact) mass is 175 g/mol. The maximum Gasteiger partial charge on any atom is 0.0672 e. The van der Waals surface area contributed by atoms with Gasteiger partial charge in [-0.25, -0.2) is 0 Å². The van der Waals surface area contributed by atoms with Gasteiger partial charge in [-0.2, -0.15) is 0 Å². The molecule has 2 heteroatoms. The molecular weight excluding hydrogens is 164 g/mol. The smallest absolute Gasteiger partial charge is 0.0672 e. The summed E-state index contributed by atoms with van der Waals surface area (Å²) in [5.74, 6) is -1.18. The molecule has 0 heterocycles. The lowest BCUT2D eigenvalue weighted by molar-refractivity contribution is -0.299. The van der Waals surface area contributed by atoms with Gasteiger partial charge >= 0.3 is 0 Å². The Labute approximate surface area is 77.5 Å². The number of rotatable bonds is 3. The van der Waals surface area contributed by atoms with E-state index in [-0.39, 0.29) is 5.57 Å². The molecule has 13 heavy (non-hydrogen) atoms. The largest absolute Gasteiger partial charge is 0.545 e. The van der Waals surface area contributed by atoms with Crippen LogP contribution in [-0.2, 0) is 11.2 Å². The van der Waals surface area contributed by atoms with Crippen molar-refractivity contribution in [3.8, 4) is 0 Å². The third-order valence-electron chi connectivity index (χ3n) is 1.83. The molecule has 0 aliphatic rings. The first-order valence-corrected chi connectivity index (χ1v) is 4.04. The van der Waals surface area contributed by atoms with Gasteiger partial charge in [0.25, 0.3) is 0 Å². The molecule has 0 fully saturated rings. The van der Waals surface area contributed by atoms with Crippen LogP contribution in [-0.4, -0.2) is 5.97 Å². The number of benzene rings is 1. The van der Waals surface area contributed by atoms with Crippen LogP contribution in [0.2, 0.25) is 0 Å². The number of aryl methyl sites for hydroxylation is 1. The molecule has 0 aromatic heterocycles. The van der Waals surface area contributed by atoms with Crippen molar-refractivity contribution in [3.05, 3.63) is 47.5 Å². The maximum absolute atomic E-state index is 10.4. The Hall–Kier alpha value is -1.57. The molecule has 0 aliphatic heterocycles. The van der Waals surface area contributed by atoms with E-state index in [4.69, 9.17) is 0 Å². The summed E-state index contributed by atoms with van der Waals surface area (Å²) in [6, 6.07) is 7.67. The van der Waals surface area contributed by atoms with Crippen molar-refractivity contribution in [1.82, 2.24) is 0 Å². The van der Waals surface area contributed by atoms with Crippen molar-refractivity contribution in [2.45, 2.75) is 13.3 Å². The Morgan fingerprint density at radius 2 is 1.92 bits per heavy atom. The van der Waals surface area contributed by atoms with Crippen molar-refractivity contribution in [3.63, 3.8) is 0 Å². The van der Waals surface area contributed by atoms with E-state index in [0.29, 0.717) is 6.42 Å². The van der Waals surface area contributed by atoms with E-state index in [0.717, 1.165) is 11.1 Å². The Kier molecular flexibility index (Phi) is 2.85. The number of hydrogen-bond acceptors (Lipinski definition) is 2. The first-order valence-electron chi connectivity index (χ1n) is 4.04. The highest BCUT2D eigenvalue weighted by molar-refractivity contribution is 5.84. The maximum atomic E-state index is 10.4. The van der Waals surface area contributed by atoms with Crippen LogP contribution in [0.25, 0.3) is 0 Å². The molecule has 68 valence electrons. The average Bonchev–Trinajstić information content (AvgIpc) is 2.08. The highest BCUT2D eigenvalue weighted by Gasteiger charge is 1.97. The van der Waals surface area contributed by atoms with E-state index in [1.807, 2.05) is 31.2 Å². The fraction of sp³-hybridized carbons (Fsp3) is 0.182. The number of carbonyl (C=O) groups is 1. The Morgan fingerprint density at radius 1 is 1.38 bits per heavy atom. The standard InChI is InChI=1S/C11H12O2/c1-8-3-5-10(6-4-8)7-9(2)11(12)13/h3-6H,2,7H2,1H3,(H,12,13)/p-1. The number of carboxylic acid groups (broad SMARTS) is 1. The van der Waals surface area contributed by atoms with Gasteiger partial charge in [-0.05, 0) is 24.5 Å². The van der Waals surface area contributed by atoms with Gasteiger partial charge in [-0.15, -0.1) is 0 Å². The molecule has 1 aromatic rings. The van der Waals surface area contributed by atoms with Gasteiger partial charge < -0.3 is 9.90 Å². The predicted octanol–water partition coefficient (Wildman–Crippen LogP) is 0.844. The number of carboxylic acids is 1. The SMILES string of the molecule is C=C(Cc1ccc(C)cc1)C(=O)[O-]. The van der Waals surface area contributed by atoms with E-state index in [9.17, 15) is 9.90 Å². The van der Waals surface area contributed by atoms with Crippen LogP contribution in [0.15, 0.2) is 36.4 Å². The van der Waals surface area contributed by atoms with Crippen LogP contribution < -0.4 is 5.11 Å². The summed E-state index contributed by atoms with van der Waals surface area (Å²) in [4.78, 5) is 10.4. The van der Waals surface area contributed by atoms with Crippen LogP contribution in [0, 0.1) is 6.92 Å². The van der Waals surface area contributed by atoms with Crippen LogP contribution in [0.5, 0.6) is 0 Å². The third-order valence-corrected chi connectivity index (χ3v) is 1.83. The quantitative estimate of drug-likeness (QED) is 0.639.